The third kappa shape index (κ3) is 29.1. The molecule has 354 valence electrons. The van der Waals surface area contributed by atoms with E-state index in [1.54, 1.807) is 0 Å². The highest BCUT2D eigenvalue weighted by atomic mass is 79.9. The Morgan fingerprint density at radius 1 is 0.400 bits per heavy atom. The zero-order chi connectivity index (χ0) is 34.5. The van der Waals surface area contributed by atoms with E-state index < -0.39 is 0 Å². The van der Waals surface area contributed by atoms with Gasteiger partial charge in [-0.05, 0) is 118 Å². The lowest BCUT2D eigenvalue weighted by molar-refractivity contribution is 0.260. The Hall–Kier alpha value is 1.39. The SMILES string of the molecule is Br.Br.Br.Br.Br.Br.Br.Br.Clc1cccc(C(c2cccc(CN3CCCNCCNCCCNCC3)c2)c2cccc(CN3CCCNCCNCCCNCC3)c2)c1.O.O. The smallest absolute Gasteiger partial charge is 0.0409 e. The molecule has 10 nitrogen and oxygen atoms in total. The molecule has 0 bridgehead atoms. The molecule has 3 aromatic rings. The number of halogens is 9. The van der Waals surface area contributed by atoms with Gasteiger partial charge < -0.3 is 42.9 Å². The van der Waals surface area contributed by atoms with Crippen molar-refractivity contribution in [1.29, 1.82) is 0 Å². The van der Waals surface area contributed by atoms with E-state index in [0.717, 1.165) is 136 Å². The van der Waals surface area contributed by atoms with Crippen LogP contribution >= 0.6 is 147 Å². The average Bonchev–Trinajstić information content (AvgIpc) is 3.12. The predicted molar refractivity (Wildman–Crippen MR) is 301 cm³/mol. The minimum Gasteiger partial charge on any atom is -0.412 e. The van der Waals surface area contributed by atoms with Crippen molar-refractivity contribution < 1.29 is 11.0 Å². The summed E-state index contributed by atoms with van der Waals surface area (Å²) in [5, 5.41) is 22.4. The van der Waals surface area contributed by atoms with Crippen LogP contribution in [0.25, 0.3) is 0 Å². The van der Waals surface area contributed by atoms with Crippen molar-refractivity contribution in [1.82, 2.24) is 41.7 Å². The molecular formula is C41H75Br8ClN8O2. The van der Waals surface area contributed by atoms with Gasteiger partial charge in [0.15, 0.2) is 0 Å². The molecule has 0 amide bonds. The summed E-state index contributed by atoms with van der Waals surface area (Å²) in [7, 11) is 0. The van der Waals surface area contributed by atoms with Crippen LogP contribution < -0.4 is 31.9 Å². The van der Waals surface area contributed by atoms with Gasteiger partial charge in [0, 0.05) is 76.4 Å². The van der Waals surface area contributed by atoms with E-state index in [-0.39, 0.29) is 153 Å². The van der Waals surface area contributed by atoms with Crippen molar-refractivity contribution in [3.05, 3.63) is 106 Å². The van der Waals surface area contributed by atoms with Gasteiger partial charge in [-0.2, -0.15) is 0 Å². The Balaban J connectivity index is -0.000000729. The van der Waals surface area contributed by atoms with E-state index in [4.69, 9.17) is 11.6 Å². The minimum absolute atomic E-state index is 0. The lowest BCUT2D eigenvalue weighted by Gasteiger charge is -2.26. The van der Waals surface area contributed by atoms with Crippen molar-refractivity contribution in [3.63, 3.8) is 0 Å². The second-order valence-electron chi connectivity index (χ2n) is 13.9. The van der Waals surface area contributed by atoms with Gasteiger partial charge in [-0.25, -0.2) is 0 Å². The first kappa shape index (κ1) is 73.0. The van der Waals surface area contributed by atoms with Crippen molar-refractivity contribution in [3.8, 4) is 0 Å². The fourth-order valence-electron chi connectivity index (χ4n) is 7.17. The first-order valence-corrected chi connectivity index (χ1v) is 19.7. The van der Waals surface area contributed by atoms with Crippen molar-refractivity contribution in [2.75, 3.05) is 105 Å². The summed E-state index contributed by atoms with van der Waals surface area (Å²) >= 11 is 6.63. The molecule has 0 unspecified atom stereocenters. The Bertz CT molecular complexity index is 1290. The fraction of sp³-hybridized carbons (Fsp3) is 0.561. The topological polar surface area (TPSA) is 142 Å². The summed E-state index contributed by atoms with van der Waals surface area (Å²) in [6, 6.07) is 27.1. The molecule has 2 aliphatic heterocycles. The van der Waals surface area contributed by atoms with Gasteiger partial charge in [-0.3, -0.25) is 9.80 Å². The molecule has 0 spiro atoms. The number of nitrogens with zero attached hydrogens (tertiary/aromatic N) is 2. The summed E-state index contributed by atoms with van der Waals surface area (Å²) in [6.07, 6.45) is 4.63. The van der Waals surface area contributed by atoms with E-state index in [1.807, 2.05) is 6.07 Å². The van der Waals surface area contributed by atoms with Crippen LogP contribution in [0.4, 0.5) is 0 Å². The molecule has 2 aliphatic rings. The second-order valence-corrected chi connectivity index (χ2v) is 14.4. The molecule has 2 saturated heterocycles. The van der Waals surface area contributed by atoms with Crippen LogP contribution in [0.15, 0.2) is 72.8 Å². The molecule has 60 heavy (non-hydrogen) atoms. The van der Waals surface area contributed by atoms with Crippen molar-refractivity contribution in [2.45, 2.75) is 44.7 Å². The summed E-state index contributed by atoms with van der Waals surface area (Å²) in [5.41, 5.74) is 6.61. The zero-order valence-corrected chi connectivity index (χ0v) is 49.1. The summed E-state index contributed by atoms with van der Waals surface area (Å²) in [6.45, 7) is 18.8. The molecule has 19 heteroatoms. The maximum absolute atomic E-state index is 6.63. The van der Waals surface area contributed by atoms with E-state index in [2.05, 4.69) is 108 Å². The highest BCUT2D eigenvalue weighted by molar-refractivity contribution is 8.93. The van der Waals surface area contributed by atoms with Gasteiger partial charge in [-0.15, -0.1) is 136 Å². The molecule has 0 saturated carbocycles. The Morgan fingerprint density at radius 2 is 0.733 bits per heavy atom. The Morgan fingerprint density at radius 3 is 1.12 bits per heavy atom. The third-order valence-corrected chi connectivity index (χ3v) is 10.0. The molecule has 0 radical (unpaired) electrons. The predicted octanol–water partition coefficient (Wildman–Crippen LogP) is 7.22. The van der Waals surface area contributed by atoms with Crippen LogP contribution in [0, 0.1) is 0 Å². The number of hydrogen-bond acceptors (Lipinski definition) is 8. The zero-order valence-electron chi connectivity index (χ0n) is 34.6. The molecule has 0 atom stereocenters. The molecular weight excluding hydrogens is 1310 g/mol. The van der Waals surface area contributed by atoms with E-state index in [1.165, 1.54) is 40.7 Å². The number of benzene rings is 3. The molecule has 2 fully saturated rings. The average molecular weight is 1390 g/mol. The van der Waals surface area contributed by atoms with Crippen molar-refractivity contribution >= 4 is 147 Å². The van der Waals surface area contributed by atoms with Gasteiger partial charge in [-0.1, -0.05) is 72.3 Å². The Kier molecular flexibility index (Phi) is 55.4. The monoisotopic (exact) mass is 1380 g/mol. The van der Waals surface area contributed by atoms with Gasteiger partial charge in [0.2, 0.25) is 0 Å². The number of hydrogen-bond donors (Lipinski definition) is 6. The van der Waals surface area contributed by atoms with E-state index in [0.29, 0.717) is 0 Å². The molecule has 10 N–H and O–H groups in total. The summed E-state index contributed by atoms with van der Waals surface area (Å²) in [4.78, 5) is 5.24. The van der Waals surface area contributed by atoms with Crippen LogP contribution in [0.5, 0.6) is 0 Å². The lowest BCUT2D eigenvalue weighted by Crippen LogP contribution is -2.36. The van der Waals surface area contributed by atoms with Crippen LogP contribution in [0.3, 0.4) is 0 Å². The standard InChI is InChI=1S/C41H63ClN8.8BrH.2H2O/c42-40-13-3-12-39(32-40)41(37-10-1-8-35(30-37)33-49-26-6-18-45-22-20-43-14-4-16-47-24-28-49)38-11-2-9-36(31-38)34-50-27-7-19-46-23-21-44-15-5-17-48-25-29-50;;;;;;;;;;/h1-3,8-13,30-32,41,43-48H,4-7,14-29,33-34H2;8*1H;2*1H2. The quantitative estimate of drug-likeness (QED) is 0.136. The normalized spacial score (nSPS) is 16.5. The first-order valence-electron chi connectivity index (χ1n) is 19.4. The van der Waals surface area contributed by atoms with Crippen LogP contribution in [0.1, 0.15) is 59.4 Å². The summed E-state index contributed by atoms with van der Waals surface area (Å²) < 4.78 is 0. The molecule has 5 rings (SSSR count). The number of rotatable bonds is 7. The highest BCUT2D eigenvalue weighted by Crippen LogP contribution is 2.34. The molecule has 0 aromatic heterocycles. The number of nitrogens with one attached hydrogen (secondary N) is 6. The second kappa shape index (κ2) is 45.5. The van der Waals surface area contributed by atoms with E-state index in [9.17, 15) is 0 Å². The van der Waals surface area contributed by atoms with Gasteiger partial charge in [0.1, 0.15) is 0 Å². The van der Waals surface area contributed by atoms with Crippen LogP contribution in [-0.2, 0) is 13.1 Å². The molecule has 2 heterocycles. The van der Waals surface area contributed by atoms with Crippen LogP contribution in [-0.4, -0.2) is 125 Å². The van der Waals surface area contributed by atoms with Gasteiger partial charge in [0.25, 0.3) is 0 Å². The van der Waals surface area contributed by atoms with E-state index >= 15 is 0 Å². The van der Waals surface area contributed by atoms with Gasteiger partial charge in [0.05, 0.1) is 0 Å². The lowest BCUT2D eigenvalue weighted by atomic mass is 9.84. The maximum atomic E-state index is 6.63. The third-order valence-electron chi connectivity index (χ3n) is 9.80. The highest BCUT2D eigenvalue weighted by Gasteiger charge is 2.19. The fourth-order valence-corrected chi connectivity index (χ4v) is 7.37. The summed E-state index contributed by atoms with van der Waals surface area (Å²) in [5.74, 6) is 0.102. The molecule has 0 aliphatic carbocycles. The maximum Gasteiger partial charge on any atom is 0.0409 e. The Labute approximate surface area is 450 Å². The van der Waals surface area contributed by atoms with Crippen LogP contribution in [0.2, 0.25) is 5.02 Å². The largest absolute Gasteiger partial charge is 0.412 e. The molecule has 3 aromatic carbocycles. The first-order chi connectivity index (χ1) is 24.7. The minimum atomic E-state index is 0. The van der Waals surface area contributed by atoms with Gasteiger partial charge >= 0.3 is 0 Å². The van der Waals surface area contributed by atoms with Crippen molar-refractivity contribution in [2.24, 2.45) is 0 Å².